The van der Waals surface area contributed by atoms with E-state index in [0.29, 0.717) is 11.3 Å². The molecule has 0 aliphatic carbocycles. The fourth-order valence-corrected chi connectivity index (χ4v) is 1.67. The van der Waals surface area contributed by atoms with Gasteiger partial charge in [0.1, 0.15) is 0 Å². The summed E-state index contributed by atoms with van der Waals surface area (Å²) >= 11 is 0. The van der Waals surface area contributed by atoms with E-state index in [0.717, 1.165) is 0 Å². The zero-order valence-corrected chi connectivity index (χ0v) is 11.0. The summed E-state index contributed by atoms with van der Waals surface area (Å²) in [5.74, 6) is -1.28. The summed E-state index contributed by atoms with van der Waals surface area (Å²) in [5.41, 5.74) is 6.60. The van der Waals surface area contributed by atoms with E-state index >= 15 is 0 Å². The number of carbonyl (C=O) groups excluding carboxylic acids is 1. The molecular weight excluding hydrogens is 248 g/mol. The van der Waals surface area contributed by atoms with Crippen LogP contribution in [0.25, 0.3) is 0 Å². The van der Waals surface area contributed by atoms with Gasteiger partial charge in [0, 0.05) is 19.3 Å². The van der Waals surface area contributed by atoms with Crippen LogP contribution in [0.3, 0.4) is 0 Å². The van der Waals surface area contributed by atoms with E-state index in [4.69, 9.17) is 15.6 Å². The molecule has 1 rings (SSSR count). The van der Waals surface area contributed by atoms with Gasteiger partial charge in [-0.3, -0.25) is 4.79 Å². The van der Waals surface area contributed by atoms with Crippen LogP contribution in [0.1, 0.15) is 22.3 Å². The highest BCUT2D eigenvalue weighted by Crippen LogP contribution is 2.19. The average Bonchev–Trinajstić information content (AvgIpc) is 2.38. The van der Waals surface area contributed by atoms with Gasteiger partial charge in [-0.15, -0.1) is 0 Å². The van der Waals surface area contributed by atoms with Gasteiger partial charge in [0.2, 0.25) is 5.91 Å². The number of carboxylic acids is 1. The second-order valence-electron chi connectivity index (χ2n) is 4.13. The Morgan fingerprint density at radius 3 is 2.68 bits per heavy atom. The Kier molecular flexibility index (Phi) is 5.47. The first-order chi connectivity index (χ1) is 8.99. The lowest BCUT2D eigenvalue weighted by molar-refractivity contribution is -0.118. The van der Waals surface area contributed by atoms with Crippen molar-refractivity contribution in [2.75, 3.05) is 19.0 Å². The molecule has 0 radical (unpaired) electrons. The summed E-state index contributed by atoms with van der Waals surface area (Å²) in [4.78, 5) is 22.8. The maximum Gasteiger partial charge on any atom is 0.336 e. The van der Waals surface area contributed by atoms with Gasteiger partial charge in [-0.2, -0.15) is 0 Å². The first-order valence-corrected chi connectivity index (χ1v) is 5.85. The van der Waals surface area contributed by atoms with Crippen molar-refractivity contribution >= 4 is 17.6 Å². The number of nitrogens with two attached hydrogens (primary N) is 1. The number of carbonyl (C=O) groups is 2. The molecule has 1 atom stereocenters. The van der Waals surface area contributed by atoms with Crippen LogP contribution >= 0.6 is 0 Å². The number of anilines is 1. The Labute approximate surface area is 111 Å². The topological polar surface area (TPSA) is 102 Å². The maximum absolute atomic E-state index is 11.8. The van der Waals surface area contributed by atoms with Crippen molar-refractivity contribution in [3.63, 3.8) is 0 Å². The summed E-state index contributed by atoms with van der Waals surface area (Å²) in [6, 6.07) is 4.73. The number of methoxy groups -OCH3 is 1. The second-order valence-corrected chi connectivity index (χ2v) is 4.13. The van der Waals surface area contributed by atoms with Crippen molar-refractivity contribution in [2.24, 2.45) is 5.73 Å². The van der Waals surface area contributed by atoms with Gasteiger partial charge in [-0.05, 0) is 24.6 Å². The molecule has 1 aromatic carbocycles. The van der Waals surface area contributed by atoms with Gasteiger partial charge in [0.25, 0.3) is 0 Å². The highest BCUT2D eigenvalue weighted by atomic mass is 16.5. The molecule has 1 unspecified atom stereocenters. The van der Waals surface area contributed by atoms with Crippen LogP contribution in [0.2, 0.25) is 0 Å². The summed E-state index contributed by atoms with van der Waals surface area (Å²) in [6.45, 7) is 1.90. The highest BCUT2D eigenvalue weighted by molar-refractivity contribution is 5.96. The number of hydrogen-bond acceptors (Lipinski definition) is 4. The Hall–Kier alpha value is -1.92. The van der Waals surface area contributed by atoms with Crippen LogP contribution in [0.4, 0.5) is 5.69 Å². The van der Waals surface area contributed by atoms with Crippen molar-refractivity contribution in [1.82, 2.24) is 0 Å². The first-order valence-electron chi connectivity index (χ1n) is 5.85. The SMILES string of the molecule is COC(CN)CC(=O)Nc1cccc(C(=O)O)c1C. The van der Waals surface area contributed by atoms with Crippen LogP contribution in [0.15, 0.2) is 18.2 Å². The van der Waals surface area contributed by atoms with Crippen molar-refractivity contribution in [2.45, 2.75) is 19.4 Å². The zero-order valence-electron chi connectivity index (χ0n) is 11.0. The number of ether oxygens (including phenoxy) is 1. The molecule has 0 aromatic heterocycles. The number of benzene rings is 1. The predicted octanol–water partition coefficient (Wildman–Crippen LogP) is 0.996. The molecule has 6 heteroatoms. The fourth-order valence-electron chi connectivity index (χ4n) is 1.67. The van der Waals surface area contributed by atoms with Crippen molar-refractivity contribution in [3.05, 3.63) is 29.3 Å². The molecule has 19 heavy (non-hydrogen) atoms. The summed E-state index contributed by atoms with van der Waals surface area (Å²) < 4.78 is 5.02. The summed E-state index contributed by atoms with van der Waals surface area (Å²) in [7, 11) is 1.49. The van der Waals surface area contributed by atoms with E-state index in [1.165, 1.54) is 13.2 Å². The molecule has 1 aromatic rings. The number of aromatic carboxylic acids is 1. The number of hydrogen-bond donors (Lipinski definition) is 3. The van der Waals surface area contributed by atoms with Gasteiger partial charge in [0.05, 0.1) is 18.1 Å². The lowest BCUT2D eigenvalue weighted by atomic mass is 10.1. The van der Waals surface area contributed by atoms with Crippen molar-refractivity contribution in [3.8, 4) is 0 Å². The Morgan fingerprint density at radius 1 is 1.47 bits per heavy atom. The molecule has 1 amide bonds. The minimum atomic E-state index is -1.02. The Balaban J connectivity index is 2.80. The van der Waals surface area contributed by atoms with E-state index in [9.17, 15) is 9.59 Å². The van der Waals surface area contributed by atoms with E-state index in [1.54, 1.807) is 19.1 Å². The third kappa shape index (κ3) is 4.04. The molecule has 0 aliphatic heterocycles. The molecule has 0 aliphatic rings. The predicted molar refractivity (Wildman–Crippen MR) is 71.2 cm³/mol. The van der Waals surface area contributed by atoms with Gasteiger partial charge >= 0.3 is 5.97 Å². The standard InChI is InChI=1S/C13H18N2O4/c1-8-10(13(17)18)4-3-5-11(8)15-12(16)6-9(7-14)19-2/h3-5,9H,6-7,14H2,1-2H3,(H,15,16)(H,17,18). The summed E-state index contributed by atoms with van der Waals surface area (Å²) in [6.07, 6.45) is -0.216. The maximum atomic E-state index is 11.8. The molecule has 0 spiro atoms. The highest BCUT2D eigenvalue weighted by Gasteiger charge is 2.14. The molecule has 4 N–H and O–H groups in total. The number of nitrogens with one attached hydrogen (secondary N) is 1. The number of amides is 1. The van der Waals surface area contributed by atoms with Crippen molar-refractivity contribution < 1.29 is 19.4 Å². The van der Waals surface area contributed by atoms with E-state index in [-0.39, 0.29) is 30.5 Å². The first kappa shape index (κ1) is 15.1. The lowest BCUT2D eigenvalue weighted by Gasteiger charge is -2.14. The van der Waals surface area contributed by atoms with Crippen LogP contribution in [-0.2, 0) is 9.53 Å². The minimum absolute atomic E-state index is 0.129. The lowest BCUT2D eigenvalue weighted by Crippen LogP contribution is -2.28. The monoisotopic (exact) mass is 266 g/mol. The average molecular weight is 266 g/mol. The molecule has 0 saturated heterocycles. The van der Waals surface area contributed by atoms with Gasteiger partial charge in [-0.1, -0.05) is 6.07 Å². The molecule has 104 valence electrons. The normalized spacial score (nSPS) is 11.9. The molecule has 6 nitrogen and oxygen atoms in total. The Bertz CT molecular complexity index is 470. The van der Waals surface area contributed by atoms with Gasteiger partial charge in [-0.25, -0.2) is 4.79 Å². The largest absolute Gasteiger partial charge is 0.478 e. The number of carboxylic acid groups (broad SMARTS) is 1. The Morgan fingerprint density at radius 2 is 2.16 bits per heavy atom. The third-order valence-electron chi connectivity index (χ3n) is 2.85. The second kappa shape index (κ2) is 6.86. The van der Waals surface area contributed by atoms with Crippen LogP contribution in [0, 0.1) is 6.92 Å². The molecule has 0 fully saturated rings. The smallest absolute Gasteiger partial charge is 0.336 e. The zero-order chi connectivity index (χ0) is 14.4. The van der Waals surface area contributed by atoms with E-state index < -0.39 is 5.97 Å². The van der Waals surface area contributed by atoms with Crippen LogP contribution < -0.4 is 11.1 Å². The molecule has 0 heterocycles. The van der Waals surface area contributed by atoms with E-state index in [2.05, 4.69) is 5.32 Å². The van der Waals surface area contributed by atoms with Crippen LogP contribution in [0.5, 0.6) is 0 Å². The quantitative estimate of drug-likeness (QED) is 0.712. The van der Waals surface area contributed by atoms with E-state index in [1.807, 2.05) is 0 Å². The van der Waals surface area contributed by atoms with Crippen molar-refractivity contribution in [1.29, 1.82) is 0 Å². The number of rotatable bonds is 6. The van der Waals surface area contributed by atoms with Crippen LogP contribution in [-0.4, -0.2) is 36.7 Å². The molecule has 0 saturated carbocycles. The minimum Gasteiger partial charge on any atom is -0.478 e. The molecule has 0 bridgehead atoms. The summed E-state index contributed by atoms with van der Waals surface area (Å²) in [5, 5.41) is 11.7. The molecular formula is C13H18N2O4. The fraction of sp³-hybridized carbons (Fsp3) is 0.385. The third-order valence-corrected chi connectivity index (χ3v) is 2.85. The van der Waals surface area contributed by atoms with Gasteiger partial charge in [0.15, 0.2) is 0 Å². The van der Waals surface area contributed by atoms with Gasteiger partial charge < -0.3 is 20.9 Å².